The van der Waals surface area contributed by atoms with Crippen molar-refractivity contribution >= 4 is 0 Å². The maximum absolute atomic E-state index is 5.67. The first-order valence-electron chi connectivity index (χ1n) is 6.46. The molecule has 0 unspecified atom stereocenters. The first-order chi connectivity index (χ1) is 8.97. The maximum atomic E-state index is 5.67. The summed E-state index contributed by atoms with van der Waals surface area (Å²) in [5, 5.41) is 0. The maximum Gasteiger partial charge on any atom is 0.129 e. The highest BCUT2D eigenvalue weighted by atomic mass is 16.5. The second kappa shape index (κ2) is 6.66. The van der Waals surface area contributed by atoms with Crippen LogP contribution < -0.4 is 19.9 Å². The fraction of sp³-hybridized carbons (Fsp3) is 0.600. The van der Waals surface area contributed by atoms with Crippen LogP contribution in [0.25, 0.3) is 0 Å². The van der Waals surface area contributed by atoms with E-state index in [1.54, 1.807) is 21.3 Å². The monoisotopic (exact) mass is 267 g/mol. The molecular weight excluding hydrogens is 242 g/mol. The van der Waals surface area contributed by atoms with Gasteiger partial charge in [-0.05, 0) is 24.8 Å². The van der Waals surface area contributed by atoms with Crippen LogP contribution in [0.5, 0.6) is 17.2 Å². The molecule has 4 heteroatoms. The largest absolute Gasteiger partial charge is 0.496 e. The molecule has 108 valence electrons. The molecule has 0 spiro atoms. The number of hydrogen-bond donors (Lipinski definition) is 1. The lowest BCUT2D eigenvalue weighted by Crippen LogP contribution is -2.20. The van der Waals surface area contributed by atoms with Gasteiger partial charge in [-0.3, -0.25) is 0 Å². The molecule has 0 aliphatic carbocycles. The summed E-state index contributed by atoms with van der Waals surface area (Å²) in [6, 6.07) is 3.77. The lowest BCUT2D eigenvalue weighted by Gasteiger charge is -2.26. The molecule has 0 fully saturated rings. The molecule has 0 aromatic heterocycles. The van der Waals surface area contributed by atoms with Gasteiger partial charge in [-0.1, -0.05) is 13.8 Å². The molecule has 0 atom stereocenters. The van der Waals surface area contributed by atoms with E-state index in [1.807, 2.05) is 12.1 Å². The van der Waals surface area contributed by atoms with Gasteiger partial charge in [0, 0.05) is 17.7 Å². The van der Waals surface area contributed by atoms with Gasteiger partial charge in [0.1, 0.15) is 17.2 Å². The Balaban J connectivity index is 3.17. The average Bonchev–Trinajstić information content (AvgIpc) is 2.38. The highest BCUT2D eigenvalue weighted by molar-refractivity contribution is 5.51. The van der Waals surface area contributed by atoms with Gasteiger partial charge in [0.25, 0.3) is 0 Å². The molecule has 0 bridgehead atoms. The van der Waals surface area contributed by atoms with E-state index >= 15 is 0 Å². The standard InChI is InChI=1S/C15H25NO3/c1-15(2,6-7-16)10-12-13(18-4)8-11(17-3)9-14(12)19-5/h8-9H,6-7,10,16H2,1-5H3. The molecule has 0 aliphatic heterocycles. The summed E-state index contributed by atoms with van der Waals surface area (Å²) in [6.45, 7) is 5.07. The van der Waals surface area contributed by atoms with Crippen LogP contribution in [0.1, 0.15) is 25.8 Å². The van der Waals surface area contributed by atoms with E-state index in [2.05, 4.69) is 13.8 Å². The molecular formula is C15H25NO3. The number of rotatable bonds is 7. The quantitative estimate of drug-likeness (QED) is 0.825. The van der Waals surface area contributed by atoms with Crippen LogP contribution in [-0.2, 0) is 6.42 Å². The zero-order valence-electron chi connectivity index (χ0n) is 12.6. The summed E-state index contributed by atoms with van der Waals surface area (Å²) in [5.41, 5.74) is 6.83. The first kappa shape index (κ1) is 15.6. The molecule has 1 aromatic carbocycles. The molecule has 0 amide bonds. The Hall–Kier alpha value is -1.42. The van der Waals surface area contributed by atoms with Gasteiger partial charge in [-0.25, -0.2) is 0 Å². The van der Waals surface area contributed by atoms with Gasteiger partial charge in [-0.15, -0.1) is 0 Å². The highest BCUT2D eigenvalue weighted by Gasteiger charge is 2.23. The van der Waals surface area contributed by atoms with E-state index < -0.39 is 0 Å². The van der Waals surface area contributed by atoms with E-state index in [0.29, 0.717) is 6.54 Å². The van der Waals surface area contributed by atoms with Gasteiger partial charge in [-0.2, -0.15) is 0 Å². The summed E-state index contributed by atoms with van der Waals surface area (Å²) in [7, 11) is 4.95. The fourth-order valence-corrected chi connectivity index (χ4v) is 2.21. The predicted molar refractivity (Wildman–Crippen MR) is 77.3 cm³/mol. The van der Waals surface area contributed by atoms with Crippen LogP contribution >= 0.6 is 0 Å². The second-order valence-electron chi connectivity index (χ2n) is 5.39. The molecule has 2 N–H and O–H groups in total. The summed E-state index contributed by atoms with van der Waals surface area (Å²) in [5.74, 6) is 2.32. The highest BCUT2D eigenvalue weighted by Crippen LogP contribution is 2.39. The van der Waals surface area contributed by atoms with E-state index in [0.717, 1.165) is 35.7 Å². The molecule has 0 radical (unpaired) electrons. The summed E-state index contributed by atoms with van der Waals surface area (Å²) >= 11 is 0. The van der Waals surface area contributed by atoms with Crippen LogP contribution in [0.3, 0.4) is 0 Å². The number of nitrogens with two attached hydrogens (primary N) is 1. The smallest absolute Gasteiger partial charge is 0.129 e. The molecule has 1 aromatic rings. The Morgan fingerprint density at radius 1 is 1.00 bits per heavy atom. The van der Waals surface area contributed by atoms with Crippen molar-refractivity contribution in [3.8, 4) is 17.2 Å². The van der Waals surface area contributed by atoms with E-state index in [9.17, 15) is 0 Å². The third kappa shape index (κ3) is 4.03. The topological polar surface area (TPSA) is 53.7 Å². The lowest BCUT2D eigenvalue weighted by molar-refractivity contribution is 0.315. The fourth-order valence-electron chi connectivity index (χ4n) is 2.21. The van der Waals surface area contributed by atoms with E-state index in [4.69, 9.17) is 19.9 Å². The Bertz CT molecular complexity index is 391. The minimum atomic E-state index is 0.101. The second-order valence-corrected chi connectivity index (χ2v) is 5.39. The Morgan fingerprint density at radius 3 is 1.89 bits per heavy atom. The minimum Gasteiger partial charge on any atom is -0.496 e. The normalized spacial score (nSPS) is 11.3. The molecule has 0 aliphatic rings. The van der Waals surface area contributed by atoms with Gasteiger partial charge in [0.2, 0.25) is 0 Å². The third-order valence-electron chi connectivity index (χ3n) is 3.29. The van der Waals surface area contributed by atoms with Crippen molar-refractivity contribution in [1.82, 2.24) is 0 Å². The van der Waals surface area contributed by atoms with Crippen molar-refractivity contribution in [2.75, 3.05) is 27.9 Å². The number of benzene rings is 1. The van der Waals surface area contributed by atoms with Crippen molar-refractivity contribution < 1.29 is 14.2 Å². The summed E-state index contributed by atoms with van der Waals surface area (Å²) in [6.07, 6.45) is 1.80. The summed E-state index contributed by atoms with van der Waals surface area (Å²) < 4.78 is 16.2. The van der Waals surface area contributed by atoms with Crippen LogP contribution in [0.15, 0.2) is 12.1 Å². The Kier molecular flexibility index (Phi) is 5.48. The average molecular weight is 267 g/mol. The van der Waals surface area contributed by atoms with Crippen molar-refractivity contribution in [1.29, 1.82) is 0 Å². The van der Waals surface area contributed by atoms with E-state index in [-0.39, 0.29) is 5.41 Å². The molecule has 0 saturated heterocycles. The zero-order valence-corrected chi connectivity index (χ0v) is 12.6. The van der Waals surface area contributed by atoms with Gasteiger partial charge in [0.05, 0.1) is 21.3 Å². The molecule has 4 nitrogen and oxygen atoms in total. The van der Waals surface area contributed by atoms with Gasteiger partial charge in [0.15, 0.2) is 0 Å². The van der Waals surface area contributed by atoms with Gasteiger partial charge < -0.3 is 19.9 Å². The van der Waals surface area contributed by atoms with Crippen molar-refractivity contribution in [2.24, 2.45) is 11.1 Å². The van der Waals surface area contributed by atoms with Crippen LogP contribution in [0, 0.1) is 5.41 Å². The lowest BCUT2D eigenvalue weighted by atomic mass is 9.82. The minimum absolute atomic E-state index is 0.101. The Labute approximate surface area is 115 Å². The number of methoxy groups -OCH3 is 3. The van der Waals surface area contributed by atoms with Crippen molar-refractivity contribution in [3.63, 3.8) is 0 Å². The molecule has 0 saturated carbocycles. The SMILES string of the molecule is COc1cc(OC)c(CC(C)(C)CCN)c(OC)c1. The van der Waals surface area contributed by atoms with Crippen LogP contribution in [-0.4, -0.2) is 27.9 Å². The van der Waals surface area contributed by atoms with Crippen LogP contribution in [0.2, 0.25) is 0 Å². The predicted octanol–water partition coefficient (Wildman–Crippen LogP) is 2.63. The number of ether oxygens (including phenoxy) is 3. The first-order valence-corrected chi connectivity index (χ1v) is 6.46. The molecule has 19 heavy (non-hydrogen) atoms. The van der Waals surface area contributed by atoms with Gasteiger partial charge >= 0.3 is 0 Å². The molecule has 1 rings (SSSR count). The molecule has 0 heterocycles. The summed E-state index contributed by atoms with van der Waals surface area (Å²) in [4.78, 5) is 0. The van der Waals surface area contributed by atoms with Crippen molar-refractivity contribution in [2.45, 2.75) is 26.7 Å². The zero-order chi connectivity index (χ0) is 14.5. The van der Waals surface area contributed by atoms with Crippen LogP contribution in [0.4, 0.5) is 0 Å². The third-order valence-corrected chi connectivity index (χ3v) is 3.29. The van der Waals surface area contributed by atoms with Crippen molar-refractivity contribution in [3.05, 3.63) is 17.7 Å². The van der Waals surface area contributed by atoms with E-state index in [1.165, 1.54) is 0 Å². The Morgan fingerprint density at radius 2 is 1.53 bits per heavy atom. The number of hydrogen-bond acceptors (Lipinski definition) is 4.